The van der Waals surface area contributed by atoms with Gasteiger partial charge in [-0.2, -0.15) is 0 Å². The number of thiophene rings is 1. The van der Waals surface area contributed by atoms with Gasteiger partial charge in [0, 0.05) is 33.8 Å². The van der Waals surface area contributed by atoms with Crippen molar-refractivity contribution in [1.29, 1.82) is 0 Å². The number of fused-ring (bicyclic) bond motifs is 2. The molecule has 0 bridgehead atoms. The van der Waals surface area contributed by atoms with Crippen LogP contribution in [0.3, 0.4) is 0 Å². The predicted octanol–water partition coefficient (Wildman–Crippen LogP) is 4.46. The minimum absolute atomic E-state index is 0.0237. The maximum absolute atomic E-state index is 13.2. The number of carbonyl (C=O) groups is 2. The molecule has 3 aromatic heterocycles. The fourth-order valence-corrected chi connectivity index (χ4v) is 6.50. The zero-order valence-electron chi connectivity index (χ0n) is 21.0. The van der Waals surface area contributed by atoms with Gasteiger partial charge in [-0.15, -0.1) is 11.3 Å². The van der Waals surface area contributed by atoms with Crippen molar-refractivity contribution >= 4 is 34.1 Å². The number of hydrogen-bond donors (Lipinski definition) is 1. The fraction of sp³-hybridized carbons (Fsp3) is 0.321. The first-order valence-corrected chi connectivity index (χ1v) is 13.4. The van der Waals surface area contributed by atoms with Crippen LogP contribution in [-0.2, 0) is 11.2 Å². The number of methoxy groups -OCH3 is 2. The van der Waals surface area contributed by atoms with Crippen LogP contribution in [0.25, 0.3) is 21.3 Å². The molecule has 1 unspecified atom stereocenters. The molecule has 1 amide bonds. The lowest BCUT2D eigenvalue weighted by atomic mass is 9.93. The Bertz CT molecular complexity index is 1620. The number of nitrogens with zero attached hydrogens (tertiary/aromatic N) is 3. The molecule has 2 aliphatic rings. The van der Waals surface area contributed by atoms with Gasteiger partial charge in [-0.05, 0) is 61.9 Å². The standard InChI is InChI=1S/C28H26N4O5S/c1-36-26-16(8-9-17-24(26)32(15-6-7-15)13-19(25(17)33)28(35)37-2)23-12-18-20(4-3-5-22(18)38-23)31-27(34)21-10-11-29-14-30-21/h8-15,20H,3-7H2,1-2H3,(H,31,34). The summed E-state index contributed by atoms with van der Waals surface area (Å²) in [4.78, 5) is 48.5. The molecule has 0 spiro atoms. The van der Waals surface area contributed by atoms with Crippen molar-refractivity contribution < 1.29 is 19.1 Å². The minimum Gasteiger partial charge on any atom is -0.494 e. The number of aromatic nitrogens is 3. The first kappa shape index (κ1) is 24.3. The van der Waals surface area contributed by atoms with Crippen LogP contribution in [0.5, 0.6) is 5.75 Å². The van der Waals surface area contributed by atoms with E-state index in [0.717, 1.165) is 48.1 Å². The van der Waals surface area contributed by atoms with Crippen molar-refractivity contribution in [3.63, 3.8) is 0 Å². The Morgan fingerprint density at radius 1 is 1.16 bits per heavy atom. The third kappa shape index (κ3) is 4.14. The highest BCUT2D eigenvalue weighted by Crippen LogP contribution is 2.46. The second-order valence-electron chi connectivity index (χ2n) is 9.55. The summed E-state index contributed by atoms with van der Waals surface area (Å²) in [6, 6.07) is 7.45. The van der Waals surface area contributed by atoms with E-state index < -0.39 is 5.97 Å². The Hall–Kier alpha value is -4.05. The summed E-state index contributed by atoms with van der Waals surface area (Å²) >= 11 is 1.68. The van der Waals surface area contributed by atoms with Gasteiger partial charge in [-0.1, -0.05) is 0 Å². The van der Waals surface area contributed by atoms with Crippen LogP contribution in [0.15, 0.2) is 47.8 Å². The highest BCUT2D eigenvalue weighted by molar-refractivity contribution is 7.15. The number of rotatable bonds is 6. The maximum Gasteiger partial charge on any atom is 0.343 e. The van der Waals surface area contributed by atoms with Crippen LogP contribution in [0.2, 0.25) is 0 Å². The van der Waals surface area contributed by atoms with Gasteiger partial charge in [-0.25, -0.2) is 14.8 Å². The van der Waals surface area contributed by atoms with Gasteiger partial charge in [0.05, 0.1) is 31.2 Å². The molecule has 4 aromatic rings. The highest BCUT2D eigenvalue weighted by Gasteiger charge is 2.31. The molecular formula is C28H26N4O5S. The molecule has 38 heavy (non-hydrogen) atoms. The van der Waals surface area contributed by atoms with Crippen LogP contribution in [-0.4, -0.2) is 40.6 Å². The molecular weight excluding hydrogens is 504 g/mol. The molecule has 1 N–H and O–H groups in total. The molecule has 10 heteroatoms. The van der Waals surface area contributed by atoms with Crippen molar-refractivity contribution in [3.05, 3.63) is 74.9 Å². The monoisotopic (exact) mass is 530 g/mol. The number of esters is 1. The second-order valence-corrected chi connectivity index (χ2v) is 10.7. The van der Waals surface area contributed by atoms with Crippen LogP contribution in [0, 0.1) is 0 Å². The molecule has 3 heterocycles. The summed E-state index contributed by atoms with van der Waals surface area (Å²) in [5.74, 6) is -0.269. The van der Waals surface area contributed by atoms with Crippen molar-refractivity contribution in [1.82, 2.24) is 19.9 Å². The number of benzene rings is 1. The van der Waals surface area contributed by atoms with Gasteiger partial charge in [0.2, 0.25) is 5.43 Å². The number of amides is 1. The van der Waals surface area contributed by atoms with E-state index in [-0.39, 0.29) is 29.0 Å². The molecule has 0 radical (unpaired) electrons. The first-order chi connectivity index (χ1) is 18.5. The molecule has 0 aliphatic heterocycles. The molecule has 1 saturated carbocycles. The lowest BCUT2D eigenvalue weighted by Crippen LogP contribution is -2.30. The van der Waals surface area contributed by atoms with Crippen LogP contribution in [0.1, 0.15) is 69.1 Å². The Morgan fingerprint density at radius 3 is 2.71 bits per heavy atom. The van der Waals surface area contributed by atoms with Gasteiger partial charge in [0.25, 0.3) is 5.91 Å². The van der Waals surface area contributed by atoms with E-state index in [9.17, 15) is 14.4 Å². The van der Waals surface area contributed by atoms with Gasteiger partial charge in [-0.3, -0.25) is 9.59 Å². The molecule has 1 fully saturated rings. The zero-order valence-corrected chi connectivity index (χ0v) is 21.8. The first-order valence-electron chi connectivity index (χ1n) is 12.5. The van der Waals surface area contributed by atoms with Crippen molar-refractivity contribution in [2.75, 3.05) is 14.2 Å². The molecule has 1 atom stereocenters. The van der Waals surface area contributed by atoms with E-state index in [1.807, 2.05) is 10.6 Å². The van der Waals surface area contributed by atoms with Crippen molar-refractivity contribution in [2.24, 2.45) is 0 Å². The van der Waals surface area contributed by atoms with E-state index in [1.165, 1.54) is 18.3 Å². The number of carbonyl (C=O) groups excluding carboxylic acids is 2. The topological polar surface area (TPSA) is 112 Å². The Labute approximate surface area is 222 Å². The van der Waals surface area contributed by atoms with E-state index in [0.29, 0.717) is 22.3 Å². The maximum atomic E-state index is 13.2. The van der Waals surface area contributed by atoms with Gasteiger partial charge in [0.15, 0.2) is 5.75 Å². The summed E-state index contributed by atoms with van der Waals surface area (Å²) in [6.07, 6.45) is 9.20. The molecule has 194 valence electrons. The Kier molecular flexibility index (Phi) is 6.19. The molecule has 0 saturated heterocycles. The summed E-state index contributed by atoms with van der Waals surface area (Å²) < 4.78 is 12.8. The average Bonchev–Trinajstić information content (AvgIpc) is 3.70. The van der Waals surface area contributed by atoms with Crippen LogP contribution < -0.4 is 15.5 Å². The lowest BCUT2D eigenvalue weighted by molar-refractivity contribution is 0.0598. The van der Waals surface area contributed by atoms with Crippen molar-refractivity contribution in [2.45, 2.75) is 44.2 Å². The average molecular weight is 531 g/mol. The Balaban J connectivity index is 1.44. The van der Waals surface area contributed by atoms with Crippen molar-refractivity contribution in [3.8, 4) is 16.2 Å². The van der Waals surface area contributed by atoms with Gasteiger partial charge in [0.1, 0.15) is 17.6 Å². The van der Waals surface area contributed by atoms with E-state index in [1.54, 1.807) is 43.0 Å². The molecule has 9 nitrogen and oxygen atoms in total. The lowest BCUT2D eigenvalue weighted by Gasteiger charge is -2.23. The van der Waals surface area contributed by atoms with E-state index in [4.69, 9.17) is 9.47 Å². The van der Waals surface area contributed by atoms with E-state index in [2.05, 4.69) is 21.4 Å². The largest absolute Gasteiger partial charge is 0.494 e. The van der Waals surface area contributed by atoms with Crippen LogP contribution >= 0.6 is 11.3 Å². The fourth-order valence-electron chi connectivity index (χ4n) is 5.21. The summed E-state index contributed by atoms with van der Waals surface area (Å²) in [6.45, 7) is 0. The SMILES string of the molecule is COC(=O)c1cn(C2CC2)c2c(OC)c(-c3cc4c(s3)CCCC4NC(=O)c3ccncn3)ccc2c1=O. The quantitative estimate of drug-likeness (QED) is 0.366. The Morgan fingerprint density at radius 2 is 2.00 bits per heavy atom. The van der Waals surface area contributed by atoms with Gasteiger partial charge < -0.3 is 19.4 Å². The molecule has 1 aromatic carbocycles. The third-order valence-electron chi connectivity index (χ3n) is 7.20. The second kappa shape index (κ2) is 9.68. The molecule has 6 rings (SSSR count). The zero-order chi connectivity index (χ0) is 26.4. The molecule has 2 aliphatic carbocycles. The van der Waals surface area contributed by atoms with Crippen LogP contribution in [0.4, 0.5) is 0 Å². The smallest absolute Gasteiger partial charge is 0.343 e. The summed E-state index contributed by atoms with van der Waals surface area (Å²) in [5.41, 5.74) is 2.65. The summed E-state index contributed by atoms with van der Waals surface area (Å²) in [5, 5.41) is 3.56. The normalized spacial score (nSPS) is 16.6. The number of hydrogen-bond acceptors (Lipinski definition) is 8. The van der Waals surface area contributed by atoms with Gasteiger partial charge >= 0.3 is 5.97 Å². The highest BCUT2D eigenvalue weighted by atomic mass is 32.1. The van der Waals surface area contributed by atoms with E-state index >= 15 is 0 Å². The number of pyridine rings is 1. The predicted molar refractivity (Wildman–Crippen MR) is 143 cm³/mol. The minimum atomic E-state index is -0.643. The number of nitrogens with one attached hydrogen (secondary N) is 1. The number of aryl methyl sites for hydroxylation is 1. The third-order valence-corrected chi connectivity index (χ3v) is 8.44. The summed E-state index contributed by atoms with van der Waals surface area (Å²) in [7, 11) is 2.88. The number of ether oxygens (including phenoxy) is 2.